The van der Waals surface area contributed by atoms with Crippen molar-refractivity contribution >= 4 is 41.1 Å². The normalized spacial score (nSPS) is 10.9. The Kier molecular flexibility index (Phi) is 6.14. The molecule has 2 aromatic heterocycles. The fourth-order valence-electron chi connectivity index (χ4n) is 2.97. The number of nitrogens with zero attached hydrogens (tertiary/aromatic N) is 3. The number of hydrogen-bond donors (Lipinski definition) is 0. The van der Waals surface area contributed by atoms with Gasteiger partial charge in [-0.1, -0.05) is 47.4 Å². The molecule has 0 radical (unpaired) electrons. The lowest BCUT2D eigenvalue weighted by molar-refractivity contribution is 0.102. The van der Waals surface area contributed by atoms with Crippen LogP contribution in [0.1, 0.15) is 27.3 Å². The minimum absolute atomic E-state index is 0.104. The monoisotopic (exact) mass is 415 g/mol. The number of para-hydroxylation sites is 1. The quantitative estimate of drug-likeness (QED) is 0.219. The van der Waals surface area contributed by atoms with E-state index in [1.54, 1.807) is 4.68 Å². The van der Waals surface area contributed by atoms with Crippen molar-refractivity contribution in [3.05, 3.63) is 69.5 Å². The van der Waals surface area contributed by atoms with Crippen molar-refractivity contribution in [2.75, 3.05) is 5.75 Å². The van der Waals surface area contributed by atoms with Gasteiger partial charge in [0.15, 0.2) is 14.1 Å². The molecule has 1 aromatic carbocycles. The maximum atomic E-state index is 12.7. The summed E-state index contributed by atoms with van der Waals surface area (Å²) in [5.74, 6) is 0.445. The summed E-state index contributed by atoms with van der Waals surface area (Å²) in [5.41, 5.74) is 4.91. The SMILES string of the molecule is C=CCn1c(C)cc(C(=O)CSc2nn(-c3ccccc3C)c(=S)s2)c1C. The van der Waals surface area contributed by atoms with Gasteiger partial charge in [-0.25, -0.2) is 4.68 Å². The zero-order valence-electron chi connectivity index (χ0n) is 15.6. The van der Waals surface area contributed by atoms with E-state index in [0.717, 1.165) is 32.5 Å². The summed E-state index contributed by atoms with van der Waals surface area (Å²) in [6.45, 7) is 10.5. The summed E-state index contributed by atoms with van der Waals surface area (Å²) in [6, 6.07) is 9.95. The van der Waals surface area contributed by atoms with Gasteiger partial charge in [0, 0.05) is 23.5 Å². The Bertz CT molecular complexity index is 1060. The van der Waals surface area contributed by atoms with Crippen molar-refractivity contribution < 1.29 is 4.79 Å². The third kappa shape index (κ3) is 4.15. The van der Waals surface area contributed by atoms with E-state index in [2.05, 4.69) is 16.2 Å². The predicted octanol–water partition coefficient (Wildman–Crippen LogP) is 5.55. The molecule has 140 valence electrons. The van der Waals surface area contributed by atoms with Gasteiger partial charge in [0.05, 0.1) is 11.4 Å². The Morgan fingerprint density at radius 1 is 1.33 bits per heavy atom. The molecule has 0 aliphatic rings. The van der Waals surface area contributed by atoms with Gasteiger partial charge in [0.1, 0.15) is 0 Å². The second kappa shape index (κ2) is 8.37. The maximum Gasteiger partial charge on any atom is 0.184 e. The molecule has 0 unspecified atom stereocenters. The maximum absolute atomic E-state index is 12.7. The van der Waals surface area contributed by atoms with Crippen LogP contribution in [0, 0.1) is 24.7 Å². The summed E-state index contributed by atoms with van der Waals surface area (Å²) in [6.07, 6.45) is 1.84. The van der Waals surface area contributed by atoms with Crippen LogP contribution < -0.4 is 0 Å². The van der Waals surface area contributed by atoms with Gasteiger partial charge in [-0.05, 0) is 50.7 Å². The van der Waals surface area contributed by atoms with E-state index in [9.17, 15) is 4.79 Å². The molecular formula is C20H21N3OS3. The number of carbonyl (C=O) groups excluding carboxylic acids is 1. The largest absolute Gasteiger partial charge is 0.345 e. The summed E-state index contributed by atoms with van der Waals surface area (Å²) in [4.78, 5) is 12.7. The Hall–Kier alpha value is -1.96. The van der Waals surface area contributed by atoms with Crippen LogP contribution in [0.4, 0.5) is 0 Å². The second-order valence-corrected chi connectivity index (χ2v) is 9.07. The number of aryl methyl sites for hydroxylation is 2. The third-order valence-electron chi connectivity index (χ3n) is 4.39. The molecule has 4 nitrogen and oxygen atoms in total. The van der Waals surface area contributed by atoms with E-state index >= 15 is 0 Å². The van der Waals surface area contributed by atoms with E-state index in [-0.39, 0.29) is 5.78 Å². The van der Waals surface area contributed by atoms with Crippen LogP contribution in [0.25, 0.3) is 5.69 Å². The van der Waals surface area contributed by atoms with Crippen LogP contribution in [-0.2, 0) is 6.54 Å². The van der Waals surface area contributed by atoms with Gasteiger partial charge in [-0.2, -0.15) is 0 Å². The van der Waals surface area contributed by atoms with Crippen molar-refractivity contribution in [1.29, 1.82) is 0 Å². The number of aromatic nitrogens is 3. The first-order valence-corrected chi connectivity index (χ1v) is 10.7. The number of hydrogen-bond acceptors (Lipinski definition) is 5. The Balaban J connectivity index is 1.76. The van der Waals surface area contributed by atoms with Crippen LogP contribution in [-0.4, -0.2) is 25.9 Å². The van der Waals surface area contributed by atoms with Crippen molar-refractivity contribution in [3.8, 4) is 5.69 Å². The lowest BCUT2D eigenvalue weighted by atomic mass is 10.2. The van der Waals surface area contributed by atoms with E-state index in [0.29, 0.717) is 16.3 Å². The molecule has 0 saturated heterocycles. The highest BCUT2D eigenvalue weighted by Crippen LogP contribution is 2.26. The summed E-state index contributed by atoms with van der Waals surface area (Å²) < 4.78 is 5.36. The summed E-state index contributed by atoms with van der Waals surface area (Å²) in [7, 11) is 0. The molecule has 0 atom stereocenters. The smallest absolute Gasteiger partial charge is 0.184 e. The highest BCUT2D eigenvalue weighted by Gasteiger charge is 2.17. The molecule has 0 N–H and O–H groups in total. The van der Waals surface area contributed by atoms with Gasteiger partial charge in [-0.15, -0.1) is 11.7 Å². The molecular weight excluding hydrogens is 394 g/mol. The van der Waals surface area contributed by atoms with E-state index in [1.165, 1.54) is 23.1 Å². The third-order valence-corrected chi connectivity index (χ3v) is 6.75. The van der Waals surface area contributed by atoms with Gasteiger partial charge in [-0.3, -0.25) is 4.79 Å². The van der Waals surface area contributed by atoms with Crippen LogP contribution in [0.5, 0.6) is 0 Å². The Labute approximate surface area is 172 Å². The van der Waals surface area contributed by atoms with Crippen LogP contribution in [0.3, 0.4) is 0 Å². The first-order chi connectivity index (χ1) is 12.9. The fraction of sp³-hybridized carbons (Fsp3) is 0.250. The van der Waals surface area contributed by atoms with Crippen molar-refractivity contribution in [2.24, 2.45) is 0 Å². The number of carbonyl (C=O) groups is 1. The number of Topliss-reactive ketones (excluding diaryl/α,β-unsaturated/α-hetero) is 1. The average Bonchev–Trinajstić information content (AvgIpc) is 3.15. The number of ketones is 1. The first-order valence-electron chi connectivity index (χ1n) is 8.52. The number of rotatable bonds is 7. The Morgan fingerprint density at radius 2 is 2.07 bits per heavy atom. The lowest BCUT2D eigenvalue weighted by Crippen LogP contribution is -2.06. The molecule has 0 spiro atoms. The molecule has 0 amide bonds. The zero-order valence-corrected chi connectivity index (χ0v) is 18.0. The topological polar surface area (TPSA) is 39.8 Å². The average molecular weight is 416 g/mol. The van der Waals surface area contributed by atoms with Crippen molar-refractivity contribution in [1.82, 2.24) is 14.3 Å². The predicted molar refractivity (Wildman–Crippen MR) is 116 cm³/mol. The minimum atomic E-state index is 0.104. The molecule has 0 aliphatic carbocycles. The van der Waals surface area contributed by atoms with E-state index < -0.39 is 0 Å². The fourth-order valence-corrected chi connectivity index (χ4v) is 5.20. The molecule has 0 bridgehead atoms. The molecule has 0 aliphatic heterocycles. The van der Waals surface area contributed by atoms with Gasteiger partial charge < -0.3 is 4.57 Å². The first kappa shape index (κ1) is 19.8. The minimum Gasteiger partial charge on any atom is -0.345 e. The van der Waals surface area contributed by atoms with Crippen LogP contribution in [0.2, 0.25) is 0 Å². The van der Waals surface area contributed by atoms with E-state index in [1.807, 2.05) is 57.2 Å². The molecule has 27 heavy (non-hydrogen) atoms. The summed E-state index contributed by atoms with van der Waals surface area (Å²) >= 11 is 8.34. The molecule has 3 aromatic rings. The summed E-state index contributed by atoms with van der Waals surface area (Å²) in [5, 5.41) is 4.60. The molecule has 7 heteroatoms. The molecule has 3 rings (SSSR count). The zero-order chi connectivity index (χ0) is 19.6. The number of benzene rings is 1. The number of thioether (sulfide) groups is 1. The molecule has 2 heterocycles. The molecule has 0 saturated carbocycles. The molecule has 0 fully saturated rings. The van der Waals surface area contributed by atoms with Crippen molar-refractivity contribution in [3.63, 3.8) is 0 Å². The standard InChI is InChI=1S/C20H21N3OS3/c1-5-10-22-14(3)11-16(15(22)4)18(24)12-26-19-21-23(20(25)27-19)17-9-7-6-8-13(17)2/h5-9,11H,1,10,12H2,2-4H3. The lowest BCUT2D eigenvalue weighted by Gasteiger charge is -2.06. The van der Waals surface area contributed by atoms with Crippen molar-refractivity contribution in [2.45, 2.75) is 31.7 Å². The highest BCUT2D eigenvalue weighted by atomic mass is 32.2. The Morgan fingerprint density at radius 3 is 2.78 bits per heavy atom. The van der Waals surface area contributed by atoms with Gasteiger partial charge in [0.25, 0.3) is 0 Å². The number of allylic oxidation sites excluding steroid dienone is 1. The van der Waals surface area contributed by atoms with Gasteiger partial charge >= 0.3 is 0 Å². The van der Waals surface area contributed by atoms with E-state index in [4.69, 9.17) is 12.2 Å². The highest BCUT2D eigenvalue weighted by molar-refractivity contribution is 8.01. The van der Waals surface area contributed by atoms with Gasteiger partial charge in [0.2, 0.25) is 0 Å². The van der Waals surface area contributed by atoms with Crippen LogP contribution >= 0.6 is 35.3 Å². The van der Waals surface area contributed by atoms with Crippen LogP contribution in [0.15, 0.2) is 47.3 Å². The second-order valence-electron chi connectivity index (χ2n) is 6.23.